The molecular formula is C28H29N. The maximum atomic E-state index is 3.73. The summed E-state index contributed by atoms with van der Waals surface area (Å²) in [6, 6.07) is 17.8. The van der Waals surface area contributed by atoms with Gasteiger partial charge in [0.1, 0.15) is 0 Å². The smallest absolute Gasteiger partial charge is 0.0211 e. The first-order valence-corrected chi connectivity index (χ1v) is 11.3. The molecule has 6 rings (SSSR count). The quantitative estimate of drug-likeness (QED) is 0.671. The number of allylic oxidation sites excluding steroid dienone is 6. The summed E-state index contributed by atoms with van der Waals surface area (Å²) in [5, 5.41) is 3.73. The molecule has 146 valence electrons. The fraction of sp³-hybridized carbons (Fsp3) is 0.357. The molecule has 29 heavy (non-hydrogen) atoms. The van der Waals surface area contributed by atoms with Crippen LogP contribution in [0.3, 0.4) is 0 Å². The average molecular weight is 380 g/mol. The molecule has 0 radical (unpaired) electrons. The molecule has 2 atom stereocenters. The lowest BCUT2D eigenvalue weighted by molar-refractivity contribution is 0.398. The average Bonchev–Trinajstić information content (AvgIpc) is 3.45. The van der Waals surface area contributed by atoms with Crippen molar-refractivity contribution < 1.29 is 0 Å². The molecule has 0 saturated heterocycles. The highest BCUT2D eigenvalue weighted by Gasteiger charge is 2.51. The molecule has 1 saturated carbocycles. The second-order valence-electron chi connectivity index (χ2n) is 9.27. The predicted octanol–water partition coefficient (Wildman–Crippen LogP) is 6.16. The maximum absolute atomic E-state index is 3.73. The van der Waals surface area contributed by atoms with Crippen molar-refractivity contribution in [3.63, 3.8) is 0 Å². The fourth-order valence-corrected chi connectivity index (χ4v) is 6.38. The molecule has 0 aliphatic heterocycles. The zero-order valence-electron chi connectivity index (χ0n) is 17.1. The standard InChI is InChI=1S/C28H29N/c1-2-7-20(8-3-1)18-29-19-24-12-5-10-22-14-16-28(26(22)24)15-6-13-21-9-4-11-23-17-25(23)27(21)28/h1-5,7-12,25,29H,6,13-19H2/t25?,28-/m1/s1. The number of rotatable bonds is 4. The van der Waals surface area contributed by atoms with Crippen molar-refractivity contribution in [1.82, 2.24) is 5.32 Å². The monoisotopic (exact) mass is 379 g/mol. The number of benzene rings is 2. The van der Waals surface area contributed by atoms with E-state index in [1.165, 1.54) is 49.7 Å². The highest BCUT2D eigenvalue weighted by molar-refractivity contribution is 5.59. The van der Waals surface area contributed by atoms with Crippen LogP contribution >= 0.6 is 0 Å². The Hall–Kier alpha value is -2.38. The van der Waals surface area contributed by atoms with Crippen LogP contribution in [-0.4, -0.2) is 0 Å². The van der Waals surface area contributed by atoms with Crippen LogP contribution < -0.4 is 5.32 Å². The molecule has 2 aromatic carbocycles. The fourth-order valence-electron chi connectivity index (χ4n) is 6.38. The van der Waals surface area contributed by atoms with Gasteiger partial charge in [0, 0.05) is 24.4 Å². The lowest BCUT2D eigenvalue weighted by Gasteiger charge is -2.40. The summed E-state index contributed by atoms with van der Waals surface area (Å²) in [5.74, 6) is 0.733. The van der Waals surface area contributed by atoms with Crippen LogP contribution in [0.2, 0.25) is 0 Å². The van der Waals surface area contributed by atoms with Crippen molar-refractivity contribution in [2.75, 3.05) is 0 Å². The first-order valence-electron chi connectivity index (χ1n) is 11.3. The number of aryl methyl sites for hydroxylation is 1. The minimum Gasteiger partial charge on any atom is -0.309 e. The van der Waals surface area contributed by atoms with Crippen LogP contribution in [0, 0.1) is 5.92 Å². The number of nitrogens with one attached hydrogen (secondary N) is 1. The number of fused-ring (bicyclic) bond motifs is 5. The molecule has 4 aliphatic carbocycles. The second-order valence-corrected chi connectivity index (χ2v) is 9.27. The molecule has 1 fully saturated rings. The zero-order chi connectivity index (χ0) is 19.3. The van der Waals surface area contributed by atoms with Gasteiger partial charge >= 0.3 is 0 Å². The van der Waals surface area contributed by atoms with Gasteiger partial charge in [0.2, 0.25) is 0 Å². The lowest BCUT2D eigenvalue weighted by atomic mass is 9.64. The SMILES string of the molecule is C1=CC2=C(C3CC3=C1)[C@]1(CCC2)CCc2cccc(CNCc3ccccc3)c21. The van der Waals surface area contributed by atoms with Gasteiger partial charge in [0.25, 0.3) is 0 Å². The van der Waals surface area contributed by atoms with E-state index in [2.05, 4.69) is 72.1 Å². The van der Waals surface area contributed by atoms with E-state index >= 15 is 0 Å². The van der Waals surface area contributed by atoms with Crippen molar-refractivity contribution in [3.05, 3.63) is 106 Å². The van der Waals surface area contributed by atoms with Crippen molar-refractivity contribution >= 4 is 0 Å². The molecule has 0 heterocycles. The Morgan fingerprint density at radius 1 is 0.931 bits per heavy atom. The Morgan fingerprint density at radius 2 is 1.86 bits per heavy atom. The van der Waals surface area contributed by atoms with Crippen LogP contribution in [0.25, 0.3) is 0 Å². The summed E-state index contributed by atoms with van der Waals surface area (Å²) in [5.41, 5.74) is 11.6. The van der Waals surface area contributed by atoms with E-state index in [9.17, 15) is 0 Å². The van der Waals surface area contributed by atoms with Gasteiger partial charge in [0.05, 0.1) is 0 Å². The molecule has 2 aromatic rings. The Labute approximate surface area is 174 Å². The van der Waals surface area contributed by atoms with Crippen molar-refractivity contribution in [3.8, 4) is 0 Å². The molecule has 1 unspecified atom stereocenters. The molecule has 4 aliphatic rings. The zero-order valence-corrected chi connectivity index (χ0v) is 17.1. The first-order chi connectivity index (χ1) is 14.4. The highest BCUT2D eigenvalue weighted by atomic mass is 14.8. The Morgan fingerprint density at radius 3 is 2.79 bits per heavy atom. The summed E-state index contributed by atoms with van der Waals surface area (Å²) in [7, 11) is 0. The van der Waals surface area contributed by atoms with E-state index in [1.54, 1.807) is 27.8 Å². The largest absolute Gasteiger partial charge is 0.309 e. The van der Waals surface area contributed by atoms with Crippen molar-refractivity contribution in [2.45, 2.75) is 57.0 Å². The van der Waals surface area contributed by atoms with Crippen molar-refractivity contribution in [2.24, 2.45) is 5.92 Å². The molecule has 1 N–H and O–H groups in total. The van der Waals surface area contributed by atoms with E-state index in [1.807, 2.05) is 0 Å². The molecule has 1 nitrogen and oxygen atoms in total. The minimum absolute atomic E-state index is 0.295. The van der Waals surface area contributed by atoms with Crippen molar-refractivity contribution in [1.29, 1.82) is 0 Å². The van der Waals surface area contributed by atoms with Gasteiger partial charge in [-0.15, -0.1) is 0 Å². The Kier molecular flexibility index (Phi) is 4.13. The van der Waals surface area contributed by atoms with Crippen LogP contribution in [0.4, 0.5) is 0 Å². The maximum Gasteiger partial charge on any atom is 0.0211 e. The summed E-state index contributed by atoms with van der Waals surface area (Å²) in [4.78, 5) is 0. The summed E-state index contributed by atoms with van der Waals surface area (Å²) >= 11 is 0. The predicted molar refractivity (Wildman–Crippen MR) is 120 cm³/mol. The Balaban J connectivity index is 1.36. The molecule has 1 heteroatoms. The van der Waals surface area contributed by atoms with Crippen LogP contribution in [0.15, 0.2) is 83.5 Å². The van der Waals surface area contributed by atoms with Crippen LogP contribution in [0.5, 0.6) is 0 Å². The third kappa shape index (κ3) is 2.87. The minimum atomic E-state index is 0.295. The molecular weight excluding hydrogens is 350 g/mol. The normalized spacial score (nSPS) is 26.6. The topological polar surface area (TPSA) is 12.0 Å². The molecule has 0 bridgehead atoms. The van der Waals surface area contributed by atoms with E-state index in [-0.39, 0.29) is 0 Å². The van der Waals surface area contributed by atoms with E-state index in [4.69, 9.17) is 0 Å². The lowest BCUT2D eigenvalue weighted by Crippen LogP contribution is -2.32. The van der Waals surface area contributed by atoms with E-state index in [0.29, 0.717) is 5.41 Å². The number of hydrogen-bond acceptors (Lipinski definition) is 1. The molecule has 1 spiro atoms. The summed E-state index contributed by atoms with van der Waals surface area (Å²) in [6.45, 7) is 1.90. The van der Waals surface area contributed by atoms with Gasteiger partial charge in [-0.1, -0.05) is 72.3 Å². The van der Waals surface area contributed by atoms with Crippen LogP contribution in [-0.2, 0) is 24.9 Å². The summed E-state index contributed by atoms with van der Waals surface area (Å²) in [6.07, 6.45) is 14.9. The van der Waals surface area contributed by atoms with E-state index < -0.39 is 0 Å². The van der Waals surface area contributed by atoms with E-state index in [0.717, 1.165) is 19.0 Å². The van der Waals surface area contributed by atoms with Gasteiger partial charge in [-0.25, -0.2) is 0 Å². The van der Waals surface area contributed by atoms with Crippen LogP contribution in [0.1, 0.15) is 54.4 Å². The summed E-state index contributed by atoms with van der Waals surface area (Å²) < 4.78 is 0. The van der Waals surface area contributed by atoms with Gasteiger partial charge in [-0.05, 0) is 71.9 Å². The third-order valence-electron chi connectivity index (χ3n) is 7.62. The molecule has 0 aromatic heterocycles. The second kappa shape index (κ2) is 6.85. The van der Waals surface area contributed by atoms with Gasteiger partial charge < -0.3 is 5.32 Å². The van der Waals surface area contributed by atoms with Gasteiger partial charge in [-0.3, -0.25) is 0 Å². The highest BCUT2D eigenvalue weighted by Crippen LogP contribution is 2.61. The third-order valence-corrected chi connectivity index (χ3v) is 7.62. The first kappa shape index (κ1) is 17.5. The van der Waals surface area contributed by atoms with Gasteiger partial charge in [0.15, 0.2) is 0 Å². The number of hydrogen-bond donors (Lipinski definition) is 1. The Bertz CT molecular complexity index is 1040. The molecule has 0 amide bonds. The van der Waals surface area contributed by atoms with Gasteiger partial charge in [-0.2, -0.15) is 0 Å².